The van der Waals surface area contributed by atoms with Crippen LogP contribution in [0.25, 0.3) is 0 Å². The fourth-order valence-electron chi connectivity index (χ4n) is 1.66. The molecular formula is C15H20N2O5. The average Bonchev–Trinajstić information content (AvgIpc) is 2.43. The van der Waals surface area contributed by atoms with Gasteiger partial charge < -0.3 is 10.1 Å². The highest BCUT2D eigenvalue weighted by molar-refractivity contribution is 5.91. The standard InChI is InChI=1S/C15H20N2O5/c1-9(2)11(4)16-14(18)8-22-15(19)12-5-6-13(17(20)21)10(3)7-12/h5-7,9,11H,8H2,1-4H3,(H,16,18)/t11-/m1/s1. The molecule has 0 heterocycles. The SMILES string of the molecule is Cc1cc(C(=O)OCC(=O)N[C@H](C)C(C)C)ccc1[N+](=O)[O-]. The van der Waals surface area contributed by atoms with E-state index in [1.807, 2.05) is 20.8 Å². The van der Waals surface area contributed by atoms with Crippen LogP contribution in [-0.4, -0.2) is 29.4 Å². The van der Waals surface area contributed by atoms with Crippen LogP contribution in [0.5, 0.6) is 0 Å². The molecule has 1 rings (SSSR count). The van der Waals surface area contributed by atoms with Gasteiger partial charge in [0.2, 0.25) is 0 Å². The van der Waals surface area contributed by atoms with Crippen molar-refractivity contribution >= 4 is 17.6 Å². The molecule has 1 atom stereocenters. The number of esters is 1. The number of rotatable bonds is 6. The van der Waals surface area contributed by atoms with E-state index in [1.165, 1.54) is 25.1 Å². The summed E-state index contributed by atoms with van der Waals surface area (Å²) in [6, 6.07) is 3.90. The van der Waals surface area contributed by atoms with E-state index in [4.69, 9.17) is 4.74 Å². The highest BCUT2D eigenvalue weighted by Gasteiger charge is 2.16. The Balaban J connectivity index is 2.61. The first-order valence-electron chi connectivity index (χ1n) is 6.94. The summed E-state index contributed by atoms with van der Waals surface area (Å²) in [6.07, 6.45) is 0. The van der Waals surface area contributed by atoms with Gasteiger partial charge in [0.05, 0.1) is 10.5 Å². The lowest BCUT2D eigenvalue weighted by Gasteiger charge is -2.17. The van der Waals surface area contributed by atoms with Crippen molar-refractivity contribution in [2.24, 2.45) is 5.92 Å². The Hall–Kier alpha value is -2.44. The minimum atomic E-state index is -0.689. The van der Waals surface area contributed by atoms with Crippen molar-refractivity contribution in [2.45, 2.75) is 33.7 Å². The van der Waals surface area contributed by atoms with Gasteiger partial charge in [0.1, 0.15) is 0 Å². The highest BCUT2D eigenvalue weighted by Crippen LogP contribution is 2.19. The Kier molecular flexibility index (Phi) is 6.03. The lowest BCUT2D eigenvalue weighted by Crippen LogP contribution is -2.38. The Bertz CT molecular complexity index is 583. The Labute approximate surface area is 128 Å². The van der Waals surface area contributed by atoms with Crippen molar-refractivity contribution < 1.29 is 19.2 Å². The minimum absolute atomic E-state index is 0.0205. The third-order valence-electron chi connectivity index (χ3n) is 3.35. The second-order valence-electron chi connectivity index (χ2n) is 5.43. The van der Waals surface area contributed by atoms with Crippen molar-refractivity contribution in [3.63, 3.8) is 0 Å². The van der Waals surface area contributed by atoms with Gasteiger partial charge in [-0.15, -0.1) is 0 Å². The third-order valence-corrected chi connectivity index (χ3v) is 3.35. The van der Waals surface area contributed by atoms with Crippen LogP contribution in [0.2, 0.25) is 0 Å². The number of aryl methyl sites for hydroxylation is 1. The van der Waals surface area contributed by atoms with Gasteiger partial charge in [-0.2, -0.15) is 0 Å². The molecule has 120 valence electrons. The maximum Gasteiger partial charge on any atom is 0.338 e. The molecule has 0 aliphatic rings. The normalized spacial score (nSPS) is 11.9. The fourth-order valence-corrected chi connectivity index (χ4v) is 1.66. The van der Waals surface area contributed by atoms with Crippen LogP contribution in [0.15, 0.2) is 18.2 Å². The quantitative estimate of drug-likeness (QED) is 0.493. The molecular weight excluding hydrogens is 288 g/mol. The monoisotopic (exact) mass is 308 g/mol. The molecule has 0 fully saturated rings. The molecule has 7 nitrogen and oxygen atoms in total. The molecule has 22 heavy (non-hydrogen) atoms. The lowest BCUT2D eigenvalue weighted by atomic mass is 10.1. The molecule has 0 radical (unpaired) electrons. The predicted molar refractivity (Wildman–Crippen MR) is 80.6 cm³/mol. The van der Waals surface area contributed by atoms with Gasteiger partial charge in [-0.25, -0.2) is 4.79 Å². The molecule has 0 aliphatic heterocycles. The molecule has 0 aromatic heterocycles. The minimum Gasteiger partial charge on any atom is -0.452 e. The maximum atomic E-state index is 11.8. The summed E-state index contributed by atoms with van der Waals surface area (Å²) < 4.78 is 4.91. The topological polar surface area (TPSA) is 98.5 Å². The van der Waals surface area contributed by atoms with Crippen molar-refractivity contribution in [3.05, 3.63) is 39.4 Å². The van der Waals surface area contributed by atoms with Gasteiger partial charge in [-0.3, -0.25) is 14.9 Å². The van der Waals surface area contributed by atoms with Crippen LogP contribution in [0.1, 0.15) is 36.7 Å². The Morgan fingerprint density at radius 2 is 1.95 bits per heavy atom. The average molecular weight is 308 g/mol. The number of nitro benzene ring substituents is 1. The van der Waals surface area contributed by atoms with E-state index in [-0.39, 0.29) is 35.7 Å². The number of ether oxygens (including phenoxy) is 1. The Morgan fingerprint density at radius 1 is 1.32 bits per heavy atom. The summed E-state index contributed by atoms with van der Waals surface area (Å²) in [5.41, 5.74) is 0.463. The number of carbonyl (C=O) groups is 2. The molecule has 0 unspecified atom stereocenters. The van der Waals surface area contributed by atoms with E-state index in [9.17, 15) is 19.7 Å². The predicted octanol–water partition coefficient (Wildman–Crippen LogP) is 2.22. The van der Waals surface area contributed by atoms with Crippen molar-refractivity contribution in [1.29, 1.82) is 0 Å². The molecule has 1 amide bonds. The molecule has 0 bridgehead atoms. The second-order valence-corrected chi connectivity index (χ2v) is 5.43. The van der Waals surface area contributed by atoms with Crippen LogP contribution in [0.3, 0.4) is 0 Å². The summed E-state index contributed by atoms with van der Waals surface area (Å²) in [5, 5.41) is 13.4. The van der Waals surface area contributed by atoms with Gasteiger partial charge in [-0.05, 0) is 31.9 Å². The first-order chi connectivity index (χ1) is 10.2. The number of hydrogen-bond acceptors (Lipinski definition) is 5. The van der Waals surface area contributed by atoms with E-state index in [0.717, 1.165) is 0 Å². The molecule has 1 aromatic rings. The Morgan fingerprint density at radius 3 is 2.45 bits per heavy atom. The van der Waals surface area contributed by atoms with E-state index < -0.39 is 10.9 Å². The van der Waals surface area contributed by atoms with Crippen LogP contribution in [-0.2, 0) is 9.53 Å². The van der Waals surface area contributed by atoms with Crippen LogP contribution >= 0.6 is 0 Å². The molecule has 0 aliphatic carbocycles. The highest BCUT2D eigenvalue weighted by atomic mass is 16.6. The first kappa shape index (κ1) is 17.6. The largest absolute Gasteiger partial charge is 0.452 e. The van der Waals surface area contributed by atoms with Crippen LogP contribution in [0.4, 0.5) is 5.69 Å². The zero-order chi connectivity index (χ0) is 16.9. The number of nitro groups is 1. The number of benzene rings is 1. The number of hydrogen-bond donors (Lipinski definition) is 1. The van der Waals surface area contributed by atoms with E-state index >= 15 is 0 Å². The summed E-state index contributed by atoms with van der Waals surface area (Å²) in [7, 11) is 0. The summed E-state index contributed by atoms with van der Waals surface area (Å²) in [5.74, 6) is -0.796. The van der Waals surface area contributed by atoms with Crippen molar-refractivity contribution in [3.8, 4) is 0 Å². The fraction of sp³-hybridized carbons (Fsp3) is 0.467. The number of carbonyl (C=O) groups excluding carboxylic acids is 2. The van der Waals surface area contributed by atoms with Crippen LogP contribution < -0.4 is 5.32 Å². The molecule has 0 saturated heterocycles. The maximum absolute atomic E-state index is 11.8. The van der Waals surface area contributed by atoms with Gasteiger partial charge in [0, 0.05) is 17.7 Å². The van der Waals surface area contributed by atoms with E-state index in [1.54, 1.807) is 0 Å². The third kappa shape index (κ3) is 4.83. The van der Waals surface area contributed by atoms with Gasteiger partial charge in [0.15, 0.2) is 6.61 Å². The number of nitrogens with one attached hydrogen (secondary N) is 1. The summed E-state index contributed by atoms with van der Waals surface area (Å²) in [4.78, 5) is 33.6. The zero-order valence-corrected chi connectivity index (χ0v) is 13.1. The molecule has 7 heteroatoms. The van der Waals surface area contributed by atoms with Crippen LogP contribution in [0, 0.1) is 23.0 Å². The first-order valence-corrected chi connectivity index (χ1v) is 6.94. The zero-order valence-electron chi connectivity index (χ0n) is 13.1. The van der Waals surface area contributed by atoms with Crippen molar-refractivity contribution in [1.82, 2.24) is 5.32 Å². The van der Waals surface area contributed by atoms with Gasteiger partial charge >= 0.3 is 5.97 Å². The van der Waals surface area contributed by atoms with Crippen molar-refractivity contribution in [2.75, 3.05) is 6.61 Å². The van der Waals surface area contributed by atoms with Gasteiger partial charge in [-0.1, -0.05) is 13.8 Å². The summed E-state index contributed by atoms with van der Waals surface area (Å²) in [6.45, 7) is 6.95. The van der Waals surface area contributed by atoms with E-state index in [2.05, 4.69) is 5.32 Å². The molecule has 1 aromatic carbocycles. The summed E-state index contributed by atoms with van der Waals surface area (Å²) >= 11 is 0. The molecule has 0 spiro atoms. The second kappa shape index (κ2) is 7.53. The lowest BCUT2D eigenvalue weighted by molar-refractivity contribution is -0.385. The van der Waals surface area contributed by atoms with Gasteiger partial charge in [0.25, 0.3) is 11.6 Å². The number of nitrogens with zero attached hydrogens (tertiary/aromatic N) is 1. The smallest absolute Gasteiger partial charge is 0.338 e. The number of amides is 1. The molecule has 1 N–H and O–H groups in total. The van der Waals surface area contributed by atoms with E-state index in [0.29, 0.717) is 5.56 Å². The molecule has 0 saturated carbocycles.